The molecule has 0 atom stereocenters. The molecule has 0 aromatic rings. The summed E-state index contributed by atoms with van der Waals surface area (Å²) in [5.74, 6) is -0.256. The van der Waals surface area contributed by atoms with E-state index >= 15 is 0 Å². The lowest BCUT2D eigenvalue weighted by atomic mass is 9.87. The van der Waals surface area contributed by atoms with E-state index in [2.05, 4.69) is 12.2 Å². The van der Waals surface area contributed by atoms with E-state index in [1.165, 1.54) is 12.8 Å². The average Bonchev–Trinajstić information content (AvgIpc) is 2.22. The first-order valence-electron chi connectivity index (χ1n) is 5.75. The van der Waals surface area contributed by atoms with Gasteiger partial charge in [-0.15, -0.1) is 0 Å². The molecule has 0 saturated heterocycles. The van der Waals surface area contributed by atoms with E-state index < -0.39 is 5.97 Å². The Morgan fingerprint density at radius 2 is 1.94 bits per heavy atom. The van der Waals surface area contributed by atoms with Gasteiger partial charge in [-0.25, -0.2) is 4.79 Å². The van der Waals surface area contributed by atoms with Crippen LogP contribution < -0.4 is 5.32 Å². The standard InChI is InChI=1S/C12H20N2O2/c1-8-3-5-10(6-4-8)14-9(2)11(7-13)12(15)16/h7-8,10,13-14H,3-6H2,1-2H3,(H,15,16)/b11-9+,13-7?/t8-,10+. The van der Waals surface area contributed by atoms with Crippen LogP contribution >= 0.6 is 0 Å². The van der Waals surface area contributed by atoms with Crippen molar-refractivity contribution in [3.05, 3.63) is 11.3 Å². The van der Waals surface area contributed by atoms with Gasteiger partial charge in [0.2, 0.25) is 0 Å². The Morgan fingerprint density at radius 3 is 2.38 bits per heavy atom. The second-order valence-electron chi connectivity index (χ2n) is 4.59. The molecule has 1 aliphatic rings. The third-order valence-electron chi connectivity index (χ3n) is 3.22. The van der Waals surface area contributed by atoms with Crippen LogP contribution in [-0.2, 0) is 4.79 Å². The highest BCUT2D eigenvalue weighted by molar-refractivity contribution is 6.08. The third kappa shape index (κ3) is 3.36. The highest BCUT2D eigenvalue weighted by Crippen LogP contribution is 2.24. The van der Waals surface area contributed by atoms with Gasteiger partial charge in [0.25, 0.3) is 0 Å². The second-order valence-corrected chi connectivity index (χ2v) is 4.59. The fourth-order valence-corrected chi connectivity index (χ4v) is 2.12. The minimum Gasteiger partial charge on any atom is -0.478 e. The molecule has 0 radical (unpaired) electrons. The van der Waals surface area contributed by atoms with E-state index in [4.69, 9.17) is 10.5 Å². The maximum absolute atomic E-state index is 10.8. The van der Waals surface area contributed by atoms with E-state index in [0.29, 0.717) is 11.7 Å². The topological polar surface area (TPSA) is 73.2 Å². The first kappa shape index (κ1) is 12.7. The lowest BCUT2D eigenvalue weighted by molar-refractivity contribution is -0.132. The van der Waals surface area contributed by atoms with Gasteiger partial charge in [0.1, 0.15) is 0 Å². The lowest BCUT2D eigenvalue weighted by Crippen LogP contribution is -2.32. The fraction of sp³-hybridized carbons (Fsp3) is 0.667. The van der Waals surface area contributed by atoms with Gasteiger partial charge in [0, 0.05) is 18.0 Å². The molecule has 4 nitrogen and oxygen atoms in total. The smallest absolute Gasteiger partial charge is 0.338 e. The number of hydrogen-bond donors (Lipinski definition) is 3. The van der Waals surface area contributed by atoms with Gasteiger partial charge in [0.05, 0.1) is 5.57 Å². The zero-order chi connectivity index (χ0) is 12.1. The molecule has 0 heterocycles. The summed E-state index contributed by atoms with van der Waals surface area (Å²) in [6, 6.07) is 0.366. The summed E-state index contributed by atoms with van der Waals surface area (Å²) in [7, 11) is 0. The van der Waals surface area contributed by atoms with Crippen molar-refractivity contribution in [2.75, 3.05) is 0 Å². The first-order valence-corrected chi connectivity index (χ1v) is 5.75. The molecule has 0 aromatic carbocycles. The third-order valence-corrected chi connectivity index (χ3v) is 3.22. The van der Waals surface area contributed by atoms with Gasteiger partial charge in [-0.2, -0.15) is 0 Å². The monoisotopic (exact) mass is 224 g/mol. The molecule has 1 rings (SSSR count). The van der Waals surface area contributed by atoms with Crippen molar-refractivity contribution in [3.63, 3.8) is 0 Å². The SMILES string of the molecule is C/C(N[C@H]1CC[C@@H](C)CC1)=C(/C=N)C(=O)O. The minimum absolute atomic E-state index is 0.0543. The normalized spacial score (nSPS) is 26.9. The average molecular weight is 224 g/mol. The number of carbonyl (C=O) groups is 1. The van der Waals surface area contributed by atoms with Gasteiger partial charge in [-0.1, -0.05) is 6.92 Å². The molecule has 1 fully saturated rings. The molecular weight excluding hydrogens is 204 g/mol. The van der Waals surface area contributed by atoms with Crippen LogP contribution in [-0.4, -0.2) is 23.3 Å². The number of hydrogen-bond acceptors (Lipinski definition) is 3. The molecule has 1 saturated carbocycles. The Labute approximate surface area is 96.2 Å². The van der Waals surface area contributed by atoms with Crippen LogP contribution in [0.5, 0.6) is 0 Å². The molecule has 1 aliphatic carbocycles. The summed E-state index contributed by atoms with van der Waals surface area (Å²) in [6.45, 7) is 3.98. The minimum atomic E-state index is -1.04. The first-order chi connectivity index (χ1) is 7.54. The van der Waals surface area contributed by atoms with Gasteiger partial charge >= 0.3 is 5.97 Å². The van der Waals surface area contributed by atoms with Crippen molar-refractivity contribution >= 4 is 12.2 Å². The van der Waals surface area contributed by atoms with Crippen LogP contribution in [0, 0.1) is 11.3 Å². The van der Waals surface area contributed by atoms with Crippen LogP contribution in [0.15, 0.2) is 11.3 Å². The van der Waals surface area contributed by atoms with E-state index in [-0.39, 0.29) is 5.57 Å². The van der Waals surface area contributed by atoms with Crippen molar-refractivity contribution in [1.82, 2.24) is 5.32 Å². The number of rotatable bonds is 4. The number of carboxylic acids is 1. The molecule has 16 heavy (non-hydrogen) atoms. The quantitative estimate of drug-likeness (QED) is 0.506. The highest BCUT2D eigenvalue weighted by Gasteiger charge is 2.19. The molecule has 3 N–H and O–H groups in total. The van der Waals surface area contributed by atoms with Crippen LogP contribution in [0.3, 0.4) is 0 Å². The van der Waals surface area contributed by atoms with Gasteiger partial charge in [-0.3, -0.25) is 0 Å². The lowest BCUT2D eigenvalue weighted by Gasteiger charge is -2.28. The van der Waals surface area contributed by atoms with Crippen molar-refractivity contribution in [3.8, 4) is 0 Å². The number of aliphatic carboxylic acids is 1. The van der Waals surface area contributed by atoms with Crippen LogP contribution in [0.1, 0.15) is 39.5 Å². The molecule has 0 aliphatic heterocycles. The Balaban J connectivity index is 2.59. The zero-order valence-electron chi connectivity index (χ0n) is 9.92. The summed E-state index contributed by atoms with van der Waals surface area (Å²) in [4.78, 5) is 10.8. The summed E-state index contributed by atoms with van der Waals surface area (Å²) in [5.41, 5.74) is 0.653. The molecular formula is C12H20N2O2. The molecule has 4 heteroatoms. The van der Waals surface area contributed by atoms with Crippen molar-refractivity contribution < 1.29 is 9.90 Å². The second kappa shape index (κ2) is 5.68. The van der Waals surface area contributed by atoms with Gasteiger partial charge in [0.15, 0.2) is 0 Å². The highest BCUT2D eigenvalue weighted by atomic mass is 16.4. The van der Waals surface area contributed by atoms with Crippen molar-refractivity contribution in [2.45, 2.75) is 45.6 Å². The van der Waals surface area contributed by atoms with Gasteiger partial charge < -0.3 is 15.8 Å². The summed E-state index contributed by atoms with van der Waals surface area (Å²) >= 11 is 0. The van der Waals surface area contributed by atoms with Gasteiger partial charge in [-0.05, 0) is 38.5 Å². The maximum Gasteiger partial charge on any atom is 0.338 e. The number of carboxylic acid groups (broad SMARTS) is 1. The molecule has 0 unspecified atom stereocenters. The summed E-state index contributed by atoms with van der Waals surface area (Å²) in [6.07, 6.45) is 5.46. The molecule has 90 valence electrons. The molecule has 0 bridgehead atoms. The zero-order valence-corrected chi connectivity index (χ0v) is 9.92. The maximum atomic E-state index is 10.8. The largest absolute Gasteiger partial charge is 0.478 e. The van der Waals surface area contributed by atoms with Crippen LogP contribution in [0.4, 0.5) is 0 Å². The van der Waals surface area contributed by atoms with Crippen molar-refractivity contribution in [1.29, 1.82) is 5.41 Å². The predicted octanol–water partition coefficient (Wildman–Crippen LogP) is 2.16. The van der Waals surface area contributed by atoms with Crippen LogP contribution in [0.25, 0.3) is 0 Å². The Hall–Kier alpha value is -1.32. The molecule has 0 aromatic heterocycles. The van der Waals surface area contributed by atoms with Crippen LogP contribution in [0.2, 0.25) is 0 Å². The summed E-state index contributed by atoms with van der Waals surface area (Å²) < 4.78 is 0. The Bertz CT molecular complexity index is 302. The van der Waals surface area contributed by atoms with Crippen molar-refractivity contribution in [2.24, 2.45) is 5.92 Å². The Kier molecular flexibility index (Phi) is 4.52. The van der Waals surface area contributed by atoms with E-state index in [0.717, 1.165) is 25.0 Å². The number of nitrogens with one attached hydrogen (secondary N) is 2. The van der Waals surface area contributed by atoms with E-state index in [9.17, 15) is 4.79 Å². The fourth-order valence-electron chi connectivity index (χ4n) is 2.12. The van der Waals surface area contributed by atoms with E-state index in [1.54, 1.807) is 6.92 Å². The predicted molar refractivity (Wildman–Crippen MR) is 63.7 cm³/mol. The van der Waals surface area contributed by atoms with E-state index in [1.807, 2.05) is 0 Å². The molecule has 0 amide bonds. The Morgan fingerprint density at radius 1 is 1.38 bits per heavy atom. The number of allylic oxidation sites excluding steroid dienone is 1. The molecule has 0 spiro atoms. The summed E-state index contributed by atoms with van der Waals surface area (Å²) in [5, 5.41) is 19.2.